The normalized spacial score (nSPS) is 10.2. The smallest absolute Gasteiger partial charge is 0.348 e. The maximum absolute atomic E-state index is 11.9. The van der Waals surface area contributed by atoms with E-state index >= 15 is 0 Å². The van der Waals surface area contributed by atoms with E-state index in [1.807, 2.05) is 18.2 Å². The van der Waals surface area contributed by atoms with Crippen molar-refractivity contribution in [2.45, 2.75) is 19.8 Å². The average molecular weight is 290 g/mol. The number of carboxylic acids is 1. The van der Waals surface area contributed by atoms with Crippen LogP contribution in [0, 0.1) is 6.92 Å². The fourth-order valence-electron chi connectivity index (χ4n) is 1.75. The first kappa shape index (κ1) is 14.2. The van der Waals surface area contributed by atoms with Gasteiger partial charge in [-0.15, -0.1) is 11.3 Å². The monoisotopic (exact) mass is 290 g/mol. The topological polar surface area (TPSA) is 79.3 Å². The van der Waals surface area contributed by atoms with Gasteiger partial charge in [-0.3, -0.25) is 9.78 Å². The van der Waals surface area contributed by atoms with Crippen molar-refractivity contribution < 1.29 is 14.7 Å². The number of carboxylic acid groups (broad SMARTS) is 1. The summed E-state index contributed by atoms with van der Waals surface area (Å²) in [6.45, 7) is 1.78. The van der Waals surface area contributed by atoms with E-state index in [1.165, 1.54) is 0 Å². The number of pyridine rings is 1. The molecule has 0 atom stereocenters. The van der Waals surface area contributed by atoms with Gasteiger partial charge in [-0.25, -0.2) is 4.79 Å². The lowest BCUT2D eigenvalue weighted by Gasteiger charge is -2.06. The molecule has 2 rings (SSSR count). The highest BCUT2D eigenvalue weighted by Gasteiger charge is 2.17. The second-order valence-corrected chi connectivity index (χ2v) is 5.18. The molecule has 0 radical (unpaired) electrons. The van der Waals surface area contributed by atoms with Gasteiger partial charge in [0.2, 0.25) is 5.91 Å². The van der Waals surface area contributed by atoms with E-state index in [0.29, 0.717) is 12.1 Å². The highest BCUT2D eigenvalue weighted by molar-refractivity contribution is 7.12. The zero-order valence-electron chi connectivity index (χ0n) is 10.9. The second kappa shape index (κ2) is 6.29. The van der Waals surface area contributed by atoms with Crippen LogP contribution in [0.15, 0.2) is 29.8 Å². The predicted octanol–water partition coefficient (Wildman–Crippen LogP) is 2.72. The quantitative estimate of drug-likeness (QED) is 0.887. The third kappa shape index (κ3) is 3.42. The summed E-state index contributed by atoms with van der Waals surface area (Å²) in [5.41, 5.74) is 2.00. The van der Waals surface area contributed by atoms with Crippen LogP contribution in [0.5, 0.6) is 0 Å². The van der Waals surface area contributed by atoms with Crippen molar-refractivity contribution in [2.75, 3.05) is 5.32 Å². The van der Waals surface area contributed by atoms with E-state index < -0.39 is 5.97 Å². The molecule has 1 amide bonds. The van der Waals surface area contributed by atoms with Crippen LogP contribution < -0.4 is 5.32 Å². The first-order valence-corrected chi connectivity index (χ1v) is 6.97. The Morgan fingerprint density at radius 3 is 2.85 bits per heavy atom. The molecule has 2 aromatic heterocycles. The number of carbonyl (C=O) groups is 2. The molecule has 0 unspecified atom stereocenters. The maximum atomic E-state index is 11.9. The molecule has 20 heavy (non-hydrogen) atoms. The molecule has 0 bridgehead atoms. The summed E-state index contributed by atoms with van der Waals surface area (Å²) < 4.78 is 0. The number of amides is 1. The molecule has 104 valence electrons. The van der Waals surface area contributed by atoms with Crippen molar-refractivity contribution in [1.82, 2.24) is 4.98 Å². The minimum atomic E-state index is -1.02. The molecule has 5 nitrogen and oxygen atoms in total. The molecule has 0 aliphatic carbocycles. The fraction of sp³-hybridized carbons (Fsp3) is 0.214. The average Bonchev–Trinajstić information content (AvgIpc) is 2.79. The molecule has 0 spiro atoms. The molecular weight excluding hydrogens is 276 g/mol. The van der Waals surface area contributed by atoms with Crippen LogP contribution in [0.1, 0.15) is 27.3 Å². The van der Waals surface area contributed by atoms with Gasteiger partial charge in [-0.2, -0.15) is 0 Å². The highest BCUT2D eigenvalue weighted by Crippen LogP contribution is 2.27. The zero-order valence-corrected chi connectivity index (χ0v) is 11.7. The van der Waals surface area contributed by atoms with Crippen LogP contribution in [-0.4, -0.2) is 22.0 Å². The lowest BCUT2D eigenvalue weighted by Crippen LogP contribution is -2.14. The zero-order chi connectivity index (χ0) is 14.5. The summed E-state index contributed by atoms with van der Waals surface area (Å²) in [4.78, 5) is 27.2. The summed E-state index contributed by atoms with van der Waals surface area (Å²) in [5.74, 6) is -1.23. The number of carbonyl (C=O) groups excluding carboxylic acids is 1. The summed E-state index contributed by atoms with van der Waals surface area (Å²) in [6.07, 6.45) is 2.47. The Morgan fingerprint density at radius 2 is 2.20 bits per heavy atom. The minimum Gasteiger partial charge on any atom is -0.477 e. The molecule has 2 heterocycles. The first-order chi connectivity index (χ1) is 9.58. The number of hydrogen-bond donors (Lipinski definition) is 2. The van der Waals surface area contributed by atoms with E-state index in [9.17, 15) is 9.59 Å². The number of thiophene rings is 1. The van der Waals surface area contributed by atoms with E-state index in [2.05, 4.69) is 10.3 Å². The van der Waals surface area contributed by atoms with Crippen LogP contribution in [0.25, 0.3) is 0 Å². The lowest BCUT2D eigenvalue weighted by molar-refractivity contribution is -0.116. The summed E-state index contributed by atoms with van der Waals surface area (Å²) in [5, 5.41) is 13.4. The van der Waals surface area contributed by atoms with E-state index in [4.69, 9.17) is 5.11 Å². The van der Waals surface area contributed by atoms with Gasteiger partial charge >= 0.3 is 5.97 Å². The van der Waals surface area contributed by atoms with Gasteiger partial charge in [0.1, 0.15) is 4.88 Å². The molecule has 0 saturated heterocycles. The number of aromatic carboxylic acids is 1. The van der Waals surface area contributed by atoms with Gasteiger partial charge in [-0.05, 0) is 36.4 Å². The number of nitrogens with zero attached hydrogens (tertiary/aromatic N) is 1. The summed E-state index contributed by atoms with van der Waals surface area (Å²) in [6, 6.07) is 5.54. The van der Waals surface area contributed by atoms with Crippen LogP contribution in [0.3, 0.4) is 0 Å². The third-order valence-electron chi connectivity index (χ3n) is 2.77. The van der Waals surface area contributed by atoms with Crippen LogP contribution in [-0.2, 0) is 11.2 Å². The van der Waals surface area contributed by atoms with Gasteiger partial charge in [0.05, 0.1) is 5.69 Å². The van der Waals surface area contributed by atoms with Crippen molar-refractivity contribution in [3.05, 3.63) is 45.9 Å². The Bertz CT molecular complexity index is 623. The number of aryl methyl sites for hydroxylation is 2. The molecular formula is C14H14N2O3S. The van der Waals surface area contributed by atoms with Gasteiger partial charge in [0.15, 0.2) is 0 Å². The van der Waals surface area contributed by atoms with Gasteiger partial charge in [0, 0.05) is 18.3 Å². The Morgan fingerprint density at radius 1 is 1.40 bits per heavy atom. The standard InChI is InChI=1S/C14H14N2O3S/c1-9-8-20-13(14(18)19)12(9)16-11(17)6-5-10-4-2-3-7-15-10/h2-4,7-8H,5-6H2,1H3,(H,16,17)(H,18,19). The van der Waals surface area contributed by atoms with Crippen molar-refractivity contribution in [2.24, 2.45) is 0 Å². The second-order valence-electron chi connectivity index (χ2n) is 4.30. The molecule has 6 heteroatoms. The van der Waals surface area contributed by atoms with Crippen LogP contribution in [0.4, 0.5) is 5.69 Å². The van der Waals surface area contributed by atoms with Gasteiger partial charge in [0.25, 0.3) is 0 Å². The first-order valence-electron chi connectivity index (χ1n) is 6.09. The molecule has 0 aliphatic heterocycles. The largest absolute Gasteiger partial charge is 0.477 e. The number of aromatic nitrogens is 1. The summed E-state index contributed by atoms with van der Waals surface area (Å²) >= 11 is 1.11. The van der Waals surface area contributed by atoms with Crippen LogP contribution >= 0.6 is 11.3 Å². The highest BCUT2D eigenvalue weighted by atomic mass is 32.1. The molecule has 0 aromatic carbocycles. The van der Waals surface area contributed by atoms with E-state index in [1.54, 1.807) is 18.5 Å². The predicted molar refractivity (Wildman–Crippen MR) is 77.2 cm³/mol. The SMILES string of the molecule is Cc1csc(C(=O)O)c1NC(=O)CCc1ccccn1. The van der Waals surface area contributed by atoms with Crippen molar-refractivity contribution in [1.29, 1.82) is 0 Å². The van der Waals surface area contributed by atoms with Gasteiger partial charge in [-0.1, -0.05) is 6.07 Å². The number of rotatable bonds is 5. The van der Waals surface area contributed by atoms with E-state index in [0.717, 1.165) is 22.6 Å². The molecule has 0 aliphatic rings. The molecule has 2 aromatic rings. The number of anilines is 1. The van der Waals surface area contributed by atoms with Gasteiger partial charge < -0.3 is 10.4 Å². The Hall–Kier alpha value is -2.21. The minimum absolute atomic E-state index is 0.161. The third-order valence-corrected chi connectivity index (χ3v) is 3.85. The fourth-order valence-corrected chi connectivity index (χ4v) is 2.59. The maximum Gasteiger partial charge on any atom is 0.348 e. The Kier molecular flexibility index (Phi) is 4.47. The van der Waals surface area contributed by atoms with Crippen LogP contribution in [0.2, 0.25) is 0 Å². The summed E-state index contributed by atoms with van der Waals surface area (Å²) in [7, 11) is 0. The van der Waals surface area contributed by atoms with Crippen molar-refractivity contribution in [3.8, 4) is 0 Å². The van der Waals surface area contributed by atoms with E-state index in [-0.39, 0.29) is 17.2 Å². The Labute approximate surface area is 120 Å². The van der Waals surface area contributed by atoms with Crippen molar-refractivity contribution in [3.63, 3.8) is 0 Å². The molecule has 0 fully saturated rings. The Balaban J connectivity index is 1.98. The number of nitrogens with one attached hydrogen (secondary N) is 1. The molecule has 0 saturated carbocycles. The molecule has 2 N–H and O–H groups in total. The van der Waals surface area contributed by atoms with Crippen molar-refractivity contribution >= 4 is 28.9 Å². The number of hydrogen-bond acceptors (Lipinski definition) is 4. The lowest BCUT2D eigenvalue weighted by atomic mass is 10.2.